The van der Waals surface area contributed by atoms with E-state index in [4.69, 9.17) is 5.73 Å². The molecular weight excluding hydrogens is 329 g/mol. The molecule has 0 aliphatic heterocycles. The highest BCUT2D eigenvalue weighted by atomic mass is 19.1. The number of fused-ring (bicyclic) bond motifs is 1. The van der Waals surface area contributed by atoms with Crippen LogP contribution in [0.3, 0.4) is 0 Å². The third-order valence-corrected chi connectivity index (χ3v) is 4.13. The molecule has 3 rings (SSSR count). The Morgan fingerprint density at radius 2 is 1.88 bits per heavy atom. The molecule has 2 N–H and O–H groups in total. The van der Waals surface area contributed by atoms with Crippen LogP contribution < -0.4 is 11.3 Å². The topological polar surface area (TPSA) is 60.9 Å². The summed E-state index contributed by atoms with van der Waals surface area (Å²) >= 11 is 0. The van der Waals surface area contributed by atoms with Gasteiger partial charge in [0, 0.05) is 12.2 Å². The van der Waals surface area contributed by atoms with Crippen molar-refractivity contribution in [2.24, 2.45) is 0 Å². The van der Waals surface area contributed by atoms with Gasteiger partial charge in [0.2, 0.25) is 0 Å². The highest BCUT2D eigenvalue weighted by Crippen LogP contribution is 2.14. The SMILES string of the molecule is CC.CCCc1ccc(CCn2cnc3cc(N)ccc3c2=O)c(F)c1. The number of nitrogen functional groups attached to an aromatic ring is 1. The van der Waals surface area contributed by atoms with Crippen LogP contribution in [0, 0.1) is 5.82 Å². The van der Waals surface area contributed by atoms with Crippen molar-refractivity contribution in [1.29, 1.82) is 0 Å². The number of benzene rings is 2. The molecule has 0 amide bonds. The van der Waals surface area contributed by atoms with Gasteiger partial charge in [-0.2, -0.15) is 0 Å². The Hall–Kier alpha value is -2.69. The molecule has 0 saturated heterocycles. The van der Waals surface area contributed by atoms with E-state index in [-0.39, 0.29) is 11.4 Å². The molecule has 0 spiro atoms. The number of halogens is 1. The minimum Gasteiger partial charge on any atom is -0.399 e. The fourth-order valence-electron chi connectivity index (χ4n) is 2.81. The average Bonchev–Trinajstić information content (AvgIpc) is 2.64. The van der Waals surface area contributed by atoms with Crippen molar-refractivity contribution >= 4 is 16.6 Å². The van der Waals surface area contributed by atoms with E-state index < -0.39 is 0 Å². The maximum absolute atomic E-state index is 14.2. The first-order valence-electron chi connectivity index (χ1n) is 9.10. The minimum absolute atomic E-state index is 0.136. The predicted molar refractivity (Wildman–Crippen MR) is 106 cm³/mol. The smallest absolute Gasteiger partial charge is 0.261 e. The van der Waals surface area contributed by atoms with E-state index in [0.717, 1.165) is 18.4 Å². The van der Waals surface area contributed by atoms with Gasteiger partial charge in [-0.1, -0.05) is 39.3 Å². The Bertz CT molecular complexity index is 934. The average molecular weight is 355 g/mol. The van der Waals surface area contributed by atoms with Crippen LogP contribution in [0.25, 0.3) is 10.9 Å². The number of nitrogens with zero attached hydrogens (tertiary/aromatic N) is 2. The lowest BCUT2D eigenvalue weighted by molar-refractivity contribution is 0.585. The lowest BCUT2D eigenvalue weighted by atomic mass is 10.1. The number of nitrogens with two attached hydrogens (primary N) is 1. The van der Waals surface area contributed by atoms with Gasteiger partial charge in [-0.15, -0.1) is 0 Å². The van der Waals surface area contributed by atoms with Crippen LogP contribution in [0.15, 0.2) is 47.5 Å². The molecule has 1 aromatic heterocycles. The van der Waals surface area contributed by atoms with Gasteiger partial charge in [-0.3, -0.25) is 9.36 Å². The first-order chi connectivity index (χ1) is 12.6. The van der Waals surface area contributed by atoms with Crippen LogP contribution in [-0.4, -0.2) is 9.55 Å². The van der Waals surface area contributed by atoms with Crippen LogP contribution in [0.2, 0.25) is 0 Å². The summed E-state index contributed by atoms with van der Waals surface area (Å²) in [5.41, 5.74) is 8.33. The van der Waals surface area contributed by atoms with Crippen molar-refractivity contribution in [1.82, 2.24) is 9.55 Å². The zero-order valence-corrected chi connectivity index (χ0v) is 15.6. The first kappa shape index (κ1) is 19.6. The minimum atomic E-state index is -0.212. The van der Waals surface area contributed by atoms with Gasteiger partial charge >= 0.3 is 0 Å². The molecule has 5 heteroatoms. The van der Waals surface area contributed by atoms with Crippen molar-refractivity contribution < 1.29 is 4.39 Å². The van der Waals surface area contributed by atoms with Gasteiger partial charge in [0.05, 0.1) is 17.2 Å². The van der Waals surface area contributed by atoms with Gasteiger partial charge < -0.3 is 5.73 Å². The molecule has 0 bridgehead atoms. The fourth-order valence-corrected chi connectivity index (χ4v) is 2.81. The van der Waals surface area contributed by atoms with Crippen LogP contribution >= 0.6 is 0 Å². The Labute approximate surface area is 153 Å². The molecule has 0 radical (unpaired) electrons. The predicted octanol–water partition coefficient (Wildman–Crippen LogP) is 4.34. The van der Waals surface area contributed by atoms with Crippen molar-refractivity contribution in [3.8, 4) is 0 Å². The number of aryl methyl sites for hydroxylation is 3. The Morgan fingerprint density at radius 1 is 1.12 bits per heavy atom. The molecule has 1 heterocycles. The summed E-state index contributed by atoms with van der Waals surface area (Å²) in [6.07, 6.45) is 3.80. The first-order valence-corrected chi connectivity index (χ1v) is 9.10. The van der Waals surface area contributed by atoms with E-state index >= 15 is 0 Å². The molecule has 4 nitrogen and oxygen atoms in total. The van der Waals surface area contributed by atoms with Crippen LogP contribution in [0.5, 0.6) is 0 Å². The van der Waals surface area contributed by atoms with Gasteiger partial charge in [-0.25, -0.2) is 9.37 Å². The highest BCUT2D eigenvalue weighted by molar-refractivity contribution is 5.80. The molecular formula is C21H26FN3O. The standard InChI is InChI=1S/C19H20FN3O.C2H6/c1-2-3-13-4-5-14(17(20)10-13)8-9-23-12-22-18-11-15(21)6-7-16(18)19(23)24;1-2/h4-7,10-12H,2-3,8-9,21H2,1H3;1-2H3. The zero-order chi connectivity index (χ0) is 19.1. The number of anilines is 1. The maximum atomic E-state index is 14.2. The molecule has 26 heavy (non-hydrogen) atoms. The summed E-state index contributed by atoms with van der Waals surface area (Å²) in [7, 11) is 0. The summed E-state index contributed by atoms with van der Waals surface area (Å²) < 4.78 is 15.7. The molecule has 3 aromatic rings. The van der Waals surface area contributed by atoms with Crippen molar-refractivity contribution in [3.05, 3.63) is 70.0 Å². The molecule has 0 aliphatic rings. The second-order valence-corrected chi connectivity index (χ2v) is 5.95. The van der Waals surface area contributed by atoms with E-state index in [1.165, 1.54) is 10.9 Å². The third-order valence-electron chi connectivity index (χ3n) is 4.13. The number of rotatable bonds is 5. The third kappa shape index (κ3) is 4.48. The van der Waals surface area contributed by atoms with Crippen molar-refractivity contribution in [3.63, 3.8) is 0 Å². The van der Waals surface area contributed by atoms with Gasteiger partial charge in [0.25, 0.3) is 5.56 Å². The normalized spacial score (nSPS) is 10.5. The van der Waals surface area contributed by atoms with E-state index in [2.05, 4.69) is 11.9 Å². The van der Waals surface area contributed by atoms with Crippen LogP contribution in [0.1, 0.15) is 38.3 Å². The van der Waals surface area contributed by atoms with E-state index in [1.54, 1.807) is 30.3 Å². The Kier molecular flexibility index (Phi) is 6.89. The lowest BCUT2D eigenvalue weighted by Gasteiger charge is -2.09. The zero-order valence-electron chi connectivity index (χ0n) is 15.6. The molecule has 0 unspecified atom stereocenters. The summed E-state index contributed by atoms with van der Waals surface area (Å²) in [4.78, 5) is 16.7. The fraction of sp³-hybridized carbons (Fsp3) is 0.333. The molecule has 0 aliphatic carbocycles. The Balaban J connectivity index is 0.00000117. The van der Waals surface area contributed by atoms with E-state index in [9.17, 15) is 9.18 Å². The highest BCUT2D eigenvalue weighted by Gasteiger charge is 2.07. The largest absolute Gasteiger partial charge is 0.399 e. The molecule has 2 aromatic carbocycles. The number of hydrogen-bond donors (Lipinski definition) is 1. The summed E-state index contributed by atoms with van der Waals surface area (Å²) in [5, 5.41) is 0.519. The maximum Gasteiger partial charge on any atom is 0.261 e. The van der Waals surface area contributed by atoms with Crippen molar-refractivity contribution in [2.45, 2.75) is 46.6 Å². The molecule has 0 saturated carbocycles. The lowest BCUT2D eigenvalue weighted by Crippen LogP contribution is -2.21. The summed E-state index contributed by atoms with van der Waals surface area (Å²) in [6.45, 7) is 6.45. The van der Waals surface area contributed by atoms with Gasteiger partial charge in [-0.05, 0) is 48.2 Å². The number of aromatic nitrogens is 2. The van der Waals surface area contributed by atoms with Gasteiger partial charge in [0.1, 0.15) is 5.82 Å². The molecule has 0 atom stereocenters. The number of hydrogen-bond acceptors (Lipinski definition) is 3. The summed E-state index contributed by atoms with van der Waals surface area (Å²) in [6, 6.07) is 10.4. The van der Waals surface area contributed by atoms with E-state index in [1.807, 2.05) is 19.9 Å². The molecule has 0 fully saturated rings. The summed E-state index contributed by atoms with van der Waals surface area (Å²) in [5.74, 6) is -0.212. The van der Waals surface area contributed by atoms with Crippen LogP contribution in [0.4, 0.5) is 10.1 Å². The van der Waals surface area contributed by atoms with E-state index in [0.29, 0.717) is 35.1 Å². The van der Waals surface area contributed by atoms with Crippen LogP contribution in [-0.2, 0) is 19.4 Å². The second-order valence-electron chi connectivity index (χ2n) is 5.95. The second kappa shape index (κ2) is 9.13. The van der Waals surface area contributed by atoms with Crippen molar-refractivity contribution in [2.75, 3.05) is 5.73 Å². The Morgan fingerprint density at radius 3 is 2.58 bits per heavy atom. The quantitative estimate of drug-likeness (QED) is 0.693. The monoisotopic (exact) mass is 355 g/mol. The van der Waals surface area contributed by atoms with Gasteiger partial charge in [0.15, 0.2) is 0 Å². The molecule has 138 valence electrons.